The van der Waals surface area contributed by atoms with E-state index in [-0.39, 0.29) is 29.5 Å². The van der Waals surface area contributed by atoms with Gasteiger partial charge in [-0.2, -0.15) is 0 Å². The number of alkyl halides is 1. The van der Waals surface area contributed by atoms with Gasteiger partial charge in [0.1, 0.15) is 23.2 Å². The largest absolute Gasteiger partial charge is 0.507 e. The van der Waals surface area contributed by atoms with Gasteiger partial charge in [0.05, 0.1) is 12.2 Å². The molecule has 2 aliphatic heterocycles. The molecular weight excluding hydrogens is 415 g/mol. The number of nitrogens with zero attached hydrogens (tertiary/aromatic N) is 5. The fourth-order valence-corrected chi connectivity index (χ4v) is 4.66. The lowest BCUT2D eigenvalue weighted by Gasteiger charge is -2.38. The summed E-state index contributed by atoms with van der Waals surface area (Å²) in [6.45, 7) is 0. The number of rotatable bonds is 4. The standard InChI is InChI=1S/C22H25FN6O3/c1-28(2)21(31)19-7-11-6-17(30)13(9-18(11)32-19)15-10-24-22(27-26-15)29(3)16-8-12-4-5-14(25-12)20(16)23/h6-7,9-10,12,14,16,20,25,30H,4-5,8H2,1-3H3/t12?,14?,16-,20+/m0/s1. The third kappa shape index (κ3) is 3.44. The van der Waals surface area contributed by atoms with Crippen molar-refractivity contribution in [2.45, 2.75) is 43.6 Å². The maximum atomic E-state index is 14.9. The Morgan fingerprint density at radius 3 is 2.75 bits per heavy atom. The van der Waals surface area contributed by atoms with E-state index in [0.717, 1.165) is 12.8 Å². The minimum Gasteiger partial charge on any atom is -0.507 e. The van der Waals surface area contributed by atoms with Crippen molar-refractivity contribution >= 4 is 22.8 Å². The number of carbonyl (C=O) groups excluding carboxylic acids is 1. The Morgan fingerprint density at radius 2 is 2.03 bits per heavy atom. The Morgan fingerprint density at radius 1 is 1.22 bits per heavy atom. The zero-order valence-electron chi connectivity index (χ0n) is 18.1. The maximum absolute atomic E-state index is 14.9. The molecule has 1 amide bonds. The monoisotopic (exact) mass is 440 g/mol. The molecule has 3 aromatic rings. The first kappa shape index (κ1) is 20.6. The highest BCUT2D eigenvalue weighted by molar-refractivity contribution is 5.97. The summed E-state index contributed by atoms with van der Waals surface area (Å²) in [6, 6.07) is 4.61. The maximum Gasteiger partial charge on any atom is 0.289 e. The Labute approximate surface area is 184 Å². The lowest BCUT2D eigenvalue weighted by molar-refractivity contribution is 0.0799. The number of hydrogen-bond acceptors (Lipinski definition) is 8. The van der Waals surface area contributed by atoms with Gasteiger partial charge in [-0.3, -0.25) is 4.79 Å². The van der Waals surface area contributed by atoms with Crippen LogP contribution in [-0.2, 0) is 0 Å². The van der Waals surface area contributed by atoms with E-state index in [1.807, 2.05) is 0 Å². The lowest BCUT2D eigenvalue weighted by Crippen LogP contribution is -2.55. The average Bonchev–Trinajstić information content (AvgIpc) is 3.39. The number of hydrogen-bond donors (Lipinski definition) is 2. The van der Waals surface area contributed by atoms with Crippen LogP contribution < -0.4 is 10.2 Å². The van der Waals surface area contributed by atoms with Crippen LogP contribution in [0.15, 0.2) is 28.8 Å². The van der Waals surface area contributed by atoms with Crippen molar-refractivity contribution in [2.24, 2.45) is 0 Å². The topological polar surface area (TPSA) is 108 Å². The molecule has 10 heteroatoms. The molecule has 5 rings (SSSR count). The number of halogens is 1. The molecule has 2 aliphatic rings. The van der Waals surface area contributed by atoms with Gasteiger partial charge in [0.25, 0.3) is 5.91 Å². The van der Waals surface area contributed by atoms with Gasteiger partial charge in [-0.15, -0.1) is 10.2 Å². The summed E-state index contributed by atoms with van der Waals surface area (Å²) in [4.78, 5) is 19.7. The number of aromatic hydroxyl groups is 1. The number of amides is 1. The molecule has 2 N–H and O–H groups in total. The van der Waals surface area contributed by atoms with Crippen LogP contribution in [0.1, 0.15) is 29.8 Å². The van der Waals surface area contributed by atoms with Gasteiger partial charge in [0.2, 0.25) is 5.95 Å². The number of carbonyl (C=O) groups is 1. The number of nitrogens with one attached hydrogen (secondary N) is 1. The van der Waals surface area contributed by atoms with E-state index in [4.69, 9.17) is 4.42 Å². The number of phenolic OH excluding ortho intramolecular Hbond substituents is 1. The van der Waals surface area contributed by atoms with E-state index in [0.29, 0.717) is 40.6 Å². The van der Waals surface area contributed by atoms with Crippen LogP contribution >= 0.6 is 0 Å². The number of phenols is 1. The zero-order chi connectivity index (χ0) is 22.6. The normalized spacial score (nSPS) is 24.6. The summed E-state index contributed by atoms with van der Waals surface area (Å²) < 4.78 is 20.5. The van der Waals surface area contributed by atoms with Crippen LogP contribution in [-0.4, -0.2) is 76.5 Å². The van der Waals surface area contributed by atoms with Crippen molar-refractivity contribution in [3.63, 3.8) is 0 Å². The molecule has 2 bridgehead atoms. The first-order valence-electron chi connectivity index (χ1n) is 10.6. The molecule has 0 aliphatic carbocycles. The van der Waals surface area contributed by atoms with Gasteiger partial charge < -0.3 is 24.6 Å². The minimum absolute atomic E-state index is 0.0295. The zero-order valence-corrected chi connectivity index (χ0v) is 18.1. The Balaban J connectivity index is 1.41. The second kappa shape index (κ2) is 7.70. The Hall–Kier alpha value is -3.27. The molecule has 0 radical (unpaired) electrons. The second-order valence-electron chi connectivity index (χ2n) is 8.77. The molecule has 2 fully saturated rings. The van der Waals surface area contributed by atoms with Crippen LogP contribution in [0, 0.1) is 0 Å². The van der Waals surface area contributed by atoms with Crippen LogP contribution in [0.3, 0.4) is 0 Å². The quantitative estimate of drug-likeness (QED) is 0.637. The highest BCUT2D eigenvalue weighted by Gasteiger charge is 2.44. The van der Waals surface area contributed by atoms with Crippen LogP contribution in [0.5, 0.6) is 5.75 Å². The van der Waals surface area contributed by atoms with E-state index < -0.39 is 6.17 Å². The van der Waals surface area contributed by atoms with E-state index in [1.54, 1.807) is 38.2 Å². The highest BCUT2D eigenvalue weighted by Crippen LogP contribution is 2.35. The molecule has 2 saturated heterocycles. The van der Waals surface area contributed by atoms with Crippen LogP contribution in [0.25, 0.3) is 22.2 Å². The fraction of sp³-hybridized carbons (Fsp3) is 0.455. The van der Waals surface area contributed by atoms with Gasteiger partial charge in [-0.05, 0) is 37.5 Å². The molecule has 1 aromatic carbocycles. The van der Waals surface area contributed by atoms with Crippen LogP contribution in [0.4, 0.5) is 10.3 Å². The highest BCUT2D eigenvalue weighted by atomic mass is 19.1. The average molecular weight is 440 g/mol. The van der Waals surface area contributed by atoms with Crippen molar-refractivity contribution in [3.05, 3.63) is 30.2 Å². The van der Waals surface area contributed by atoms with E-state index >= 15 is 0 Å². The molecule has 0 saturated carbocycles. The predicted octanol–water partition coefficient (Wildman–Crippen LogP) is 2.36. The number of fused-ring (bicyclic) bond motifs is 3. The van der Waals surface area contributed by atoms with E-state index in [2.05, 4.69) is 20.5 Å². The smallest absolute Gasteiger partial charge is 0.289 e. The molecule has 9 nitrogen and oxygen atoms in total. The molecule has 4 atom stereocenters. The van der Waals surface area contributed by atoms with Crippen molar-refractivity contribution in [2.75, 3.05) is 26.0 Å². The molecule has 32 heavy (non-hydrogen) atoms. The summed E-state index contributed by atoms with van der Waals surface area (Å²) in [6.07, 6.45) is 3.04. The third-order valence-electron chi connectivity index (χ3n) is 6.44. The molecule has 168 valence electrons. The summed E-state index contributed by atoms with van der Waals surface area (Å²) in [5.41, 5.74) is 1.17. The van der Waals surface area contributed by atoms with Crippen molar-refractivity contribution in [1.29, 1.82) is 0 Å². The fourth-order valence-electron chi connectivity index (χ4n) is 4.66. The van der Waals surface area contributed by atoms with Crippen molar-refractivity contribution in [1.82, 2.24) is 25.4 Å². The number of furan rings is 1. The summed E-state index contributed by atoms with van der Waals surface area (Å²) in [7, 11) is 5.06. The number of benzene rings is 1. The molecule has 2 aromatic heterocycles. The lowest BCUT2D eigenvalue weighted by atomic mass is 9.97. The molecule has 2 unspecified atom stereocenters. The van der Waals surface area contributed by atoms with Gasteiger partial charge in [-0.1, -0.05) is 0 Å². The first-order valence-corrected chi connectivity index (χ1v) is 10.6. The van der Waals surface area contributed by atoms with Crippen molar-refractivity contribution < 1.29 is 18.7 Å². The van der Waals surface area contributed by atoms with Gasteiger partial charge >= 0.3 is 0 Å². The molecule has 0 spiro atoms. The van der Waals surface area contributed by atoms with Gasteiger partial charge in [-0.25, -0.2) is 9.37 Å². The van der Waals surface area contributed by atoms with Crippen LogP contribution in [0.2, 0.25) is 0 Å². The number of anilines is 1. The summed E-state index contributed by atoms with van der Waals surface area (Å²) in [5.74, 6) is 0.214. The molecule has 4 heterocycles. The second-order valence-corrected chi connectivity index (χ2v) is 8.77. The van der Waals surface area contributed by atoms with Gasteiger partial charge in [0.15, 0.2) is 5.76 Å². The minimum atomic E-state index is -0.994. The Bertz CT molecular complexity index is 1160. The SMILES string of the molecule is CN(C)C(=O)c1cc2cc(O)c(-c3cnc(N(C)[C@H]4CC5CCC(N5)[C@H]4F)nn3)cc2o1. The van der Waals surface area contributed by atoms with Gasteiger partial charge in [0, 0.05) is 44.2 Å². The van der Waals surface area contributed by atoms with E-state index in [9.17, 15) is 14.3 Å². The predicted molar refractivity (Wildman–Crippen MR) is 116 cm³/mol. The Kier molecular flexibility index (Phi) is 4.96. The number of piperidine rings is 1. The van der Waals surface area contributed by atoms with E-state index in [1.165, 1.54) is 17.2 Å². The van der Waals surface area contributed by atoms with Crippen molar-refractivity contribution in [3.8, 4) is 17.0 Å². The summed E-state index contributed by atoms with van der Waals surface area (Å²) in [5, 5.41) is 22.8. The summed E-state index contributed by atoms with van der Waals surface area (Å²) >= 11 is 0. The molecular formula is C22H25FN6O3. The first-order chi connectivity index (χ1) is 15.3. The number of aromatic nitrogens is 3. The third-order valence-corrected chi connectivity index (χ3v) is 6.44.